The van der Waals surface area contributed by atoms with Crippen molar-refractivity contribution in [1.82, 2.24) is 14.4 Å². The summed E-state index contributed by atoms with van der Waals surface area (Å²) in [5.41, 5.74) is 3.88. The number of rotatable bonds is 12. The molecular formula is C33H34FN3O2. The molecular weight excluding hydrogens is 489 g/mol. The molecule has 0 fully saturated rings. The third-order valence-corrected chi connectivity index (χ3v) is 6.46. The lowest BCUT2D eigenvalue weighted by Gasteiger charge is -2.28. The smallest absolute Gasteiger partial charge is 0.247 e. The number of hydrogen-bond acceptors (Lipinski definition) is 2. The van der Waals surface area contributed by atoms with Gasteiger partial charge in [-0.05, 0) is 53.5 Å². The SMILES string of the molecule is CCCN(CC(=O)N(Cc1ccccc1)Cc1cccn1Cc1ccc(F)cc1)C(=O)/C=C/c1ccccc1. The fourth-order valence-electron chi connectivity index (χ4n) is 4.40. The Morgan fingerprint density at radius 3 is 2.18 bits per heavy atom. The zero-order valence-corrected chi connectivity index (χ0v) is 22.2. The monoisotopic (exact) mass is 523 g/mol. The molecule has 0 aliphatic heterocycles. The topological polar surface area (TPSA) is 45.6 Å². The highest BCUT2D eigenvalue weighted by Crippen LogP contribution is 2.15. The maximum Gasteiger partial charge on any atom is 0.247 e. The van der Waals surface area contributed by atoms with Crippen molar-refractivity contribution in [1.29, 1.82) is 0 Å². The molecule has 0 saturated heterocycles. The summed E-state index contributed by atoms with van der Waals surface area (Å²) >= 11 is 0. The fraction of sp³-hybridized carbons (Fsp3) is 0.212. The summed E-state index contributed by atoms with van der Waals surface area (Å²) in [4.78, 5) is 30.2. The van der Waals surface area contributed by atoms with E-state index in [1.54, 1.807) is 28.0 Å². The molecule has 4 aromatic rings. The van der Waals surface area contributed by atoms with Crippen molar-refractivity contribution in [2.45, 2.75) is 33.0 Å². The molecule has 0 spiro atoms. The molecule has 2 amide bonds. The Labute approximate surface area is 229 Å². The zero-order valence-electron chi connectivity index (χ0n) is 22.2. The van der Waals surface area contributed by atoms with E-state index < -0.39 is 0 Å². The van der Waals surface area contributed by atoms with Gasteiger partial charge in [-0.15, -0.1) is 0 Å². The minimum atomic E-state index is -0.268. The molecule has 39 heavy (non-hydrogen) atoms. The first-order valence-electron chi connectivity index (χ1n) is 13.2. The van der Waals surface area contributed by atoms with Crippen molar-refractivity contribution in [3.8, 4) is 0 Å². The maximum atomic E-state index is 13.7. The van der Waals surface area contributed by atoms with Gasteiger partial charge in [0, 0.05) is 37.6 Å². The molecule has 0 bridgehead atoms. The third-order valence-electron chi connectivity index (χ3n) is 6.46. The molecule has 1 aromatic heterocycles. The van der Waals surface area contributed by atoms with Crippen LogP contribution in [-0.4, -0.2) is 39.3 Å². The molecule has 0 aliphatic rings. The molecule has 0 aliphatic carbocycles. The number of carbonyl (C=O) groups is 2. The van der Waals surface area contributed by atoms with Gasteiger partial charge in [0.15, 0.2) is 0 Å². The highest BCUT2D eigenvalue weighted by atomic mass is 19.1. The molecule has 0 N–H and O–H groups in total. The van der Waals surface area contributed by atoms with Crippen molar-refractivity contribution < 1.29 is 14.0 Å². The minimum absolute atomic E-state index is 0.00267. The number of nitrogens with zero attached hydrogens (tertiary/aromatic N) is 3. The number of halogens is 1. The number of amides is 2. The zero-order chi connectivity index (χ0) is 27.5. The van der Waals surface area contributed by atoms with Crippen LogP contribution in [0.1, 0.15) is 35.7 Å². The molecule has 3 aromatic carbocycles. The van der Waals surface area contributed by atoms with Crippen LogP contribution >= 0.6 is 0 Å². The van der Waals surface area contributed by atoms with Gasteiger partial charge < -0.3 is 14.4 Å². The minimum Gasteiger partial charge on any atom is -0.345 e. The van der Waals surface area contributed by atoms with Crippen LogP contribution in [0.4, 0.5) is 4.39 Å². The van der Waals surface area contributed by atoms with Gasteiger partial charge >= 0.3 is 0 Å². The number of benzene rings is 3. The Morgan fingerprint density at radius 2 is 1.49 bits per heavy atom. The molecule has 0 radical (unpaired) electrons. The van der Waals surface area contributed by atoms with Gasteiger partial charge in [-0.3, -0.25) is 9.59 Å². The summed E-state index contributed by atoms with van der Waals surface area (Å²) in [6, 6.07) is 29.9. The highest BCUT2D eigenvalue weighted by molar-refractivity contribution is 5.94. The largest absolute Gasteiger partial charge is 0.345 e. The van der Waals surface area contributed by atoms with Crippen molar-refractivity contribution >= 4 is 17.9 Å². The van der Waals surface area contributed by atoms with Crippen LogP contribution in [0.2, 0.25) is 0 Å². The third kappa shape index (κ3) is 8.27. The average Bonchev–Trinajstić information content (AvgIpc) is 3.39. The van der Waals surface area contributed by atoms with Crippen LogP contribution < -0.4 is 0 Å². The summed E-state index contributed by atoms with van der Waals surface area (Å²) in [5, 5.41) is 0. The van der Waals surface area contributed by atoms with E-state index >= 15 is 0 Å². The number of aromatic nitrogens is 1. The van der Waals surface area contributed by atoms with Crippen LogP contribution in [0.25, 0.3) is 6.08 Å². The average molecular weight is 524 g/mol. The van der Waals surface area contributed by atoms with Crippen molar-refractivity contribution in [2.75, 3.05) is 13.1 Å². The normalized spacial score (nSPS) is 11.0. The second-order valence-electron chi connectivity index (χ2n) is 9.49. The van der Waals surface area contributed by atoms with Gasteiger partial charge in [-0.1, -0.05) is 79.7 Å². The van der Waals surface area contributed by atoms with E-state index in [1.165, 1.54) is 18.2 Å². The molecule has 200 valence electrons. The molecule has 0 atom stereocenters. The van der Waals surface area contributed by atoms with Gasteiger partial charge in [-0.25, -0.2) is 4.39 Å². The van der Waals surface area contributed by atoms with Crippen LogP contribution in [0, 0.1) is 5.82 Å². The van der Waals surface area contributed by atoms with Crippen molar-refractivity contribution in [3.05, 3.63) is 138 Å². The summed E-state index contributed by atoms with van der Waals surface area (Å²) < 4.78 is 15.4. The van der Waals surface area contributed by atoms with E-state index in [0.717, 1.165) is 28.8 Å². The summed E-state index contributed by atoms with van der Waals surface area (Å²) in [5.74, 6) is -0.576. The molecule has 0 saturated carbocycles. The highest BCUT2D eigenvalue weighted by Gasteiger charge is 2.21. The van der Waals surface area contributed by atoms with Gasteiger partial charge in [-0.2, -0.15) is 0 Å². The molecule has 5 nitrogen and oxygen atoms in total. The first kappa shape index (κ1) is 27.6. The van der Waals surface area contributed by atoms with Crippen LogP contribution in [0.15, 0.2) is 109 Å². The predicted molar refractivity (Wildman–Crippen MR) is 153 cm³/mol. The number of carbonyl (C=O) groups excluding carboxylic acids is 2. The quantitative estimate of drug-likeness (QED) is 0.209. The summed E-state index contributed by atoms with van der Waals surface area (Å²) in [6.07, 6.45) is 6.02. The Hall–Kier alpha value is -4.45. The Kier molecular flexibility index (Phi) is 9.84. The second kappa shape index (κ2) is 13.9. The first-order valence-corrected chi connectivity index (χ1v) is 13.2. The van der Waals surface area contributed by atoms with E-state index in [4.69, 9.17) is 0 Å². The first-order chi connectivity index (χ1) is 19.0. The van der Waals surface area contributed by atoms with Gasteiger partial charge in [0.05, 0.1) is 6.54 Å². The molecule has 1 heterocycles. The molecule has 0 unspecified atom stereocenters. The van der Waals surface area contributed by atoms with Crippen LogP contribution in [0.3, 0.4) is 0 Å². The number of hydrogen-bond donors (Lipinski definition) is 0. The van der Waals surface area contributed by atoms with Crippen molar-refractivity contribution in [2.24, 2.45) is 0 Å². The lowest BCUT2D eigenvalue weighted by molar-refractivity contribution is -0.139. The molecule has 6 heteroatoms. The second-order valence-corrected chi connectivity index (χ2v) is 9.49. The van der Waals surface area contributed by atoms with Crippen LogP contribution in [-0.2, 0) is 29.2 Å². The van der Waals surface area contributed by atoms with Crippen LogP contribution in [0.5, 0.6) is 0 Å². The van der Waals surface area contributed by atoms with E-state index in [0.29, 0.717) is 26.2 Å². The fourth-order valence-corrected chi connectivity index (χ4v) is 4.40. The van der Waals surface area contributed by atoms with E-state index in [1.807, 2.05) is 85.9 Å². The van der Waals surface area contributed by atoms with Gasteiger partial charge in [0.25, 0.3) is 0 Å². The van der Waals surface area contributed by atoms with Gasteiger partial charge in [0.1, 0.15) is 12.4 Å². The van der Waals surface area contributed by atoms with E-state index in [2.05, 4.69) is 4.57 Å². The summed E-state index contributed by atoms with van der Waals surface area (Å²) in [6.45, 7) is 3.86. The maximum absolute atomic E-state index is 13.7. The Bertz CT molecular complexity index is 1370. The van der Waals surface area contributed by atoms with Crippen molar-refractivity contribution in [3.63, 3.8) is 0 Å². The standard InChI is InChI=1S/C33H34FN3O2/c1-2-21-36(32(38)20-17-27-10-5-3-6-11-27)26-33(39)37(24-28-12-7-4-8-13-28)25-31-14-9-22-35(31)23-29-15-18-30(34)19-16-29/h3-20,22H,2,21,23-26H2,1H3/b20-17+. The lowest BCUT2D eigenvalue weighted by atomic mass is 10.2. The Morgan fingerprint density at radius 1 is 0.795 bits per heavy atom. The van der Waals surface area contributed by atoms with Gasteiger partial charge in [0.2, 0.25) is 11.8 Å². The predicted octanol–water partition coefficient (Wildman–Crippen LogP) is 6.16. The lowest BCUT2D eigenvalue weighted by Crippen LogP contribution is -2.42. The molecule has 4 rings (SSSR count). The van der Waals surface area contributed by atoms with E-state index in [-0.39, 0.29) is 24.2 Å². The Balaban J connectivity index is 1.51. The van der Waals surface area contributed by atoms with E-state index in [9.17, 15) is 14.0 Å². The summed E-state index contributed by atoms with van der Waals surface area (Å²) in [7, 11) is 0.